The van der Waals surface area contributed by atoms with Gasteiger partial charge in [-0.3, -0.25) is 14.5 Å². The Morgan fingerprint density at radius 3 is 2.61 bits per heavy atom. The molecular weight excluding hydrogens is 398 g/mol. The lowest BCUT2D eigenvalue weighted by atomic mass is 9.99. The SMILES string of the molecule is COc1ccc2cc(CN(C)C(=O)CN3C(=O)N[C@@](C)(c4ccco4)C3=O)ccc2c1. The van der Waals surface area contributed by atoms with Crippen molar-refractivity contribution in [2.75, 3.05) is 20.7 Å². The molecule has 3 aromatic rings. The highest BCUT2D eigenvalue weighted by Gasteiger charge is 2.51. The highest BCUT2D eigenvalue weighted by molar-refractivity contribution is 6.08. The Bertz CT molecular complexity index is 1160. The maximum absolute atomic E-state index is 12.9. The molecule has 0 aliphatic carbocycles. The molecule has 160 valence electrons. The van der Waals surface area contributed by atoms with Crippen molar-refractivity contribution in [2.24, 2.45) is 0 Å². The van der Waals surface area contributed by atoms with Gasteiger partial charge in [0.05, 0.1) is 13.4 Å². The molecule has 0 spiro atoms. The molecule has 2 heterocycles. The number of methoxy groups -OCH3 is 1. The molecule has 1 aliphatic heterocycles. The zero-order chi connectivity index (χ0) is 22.2. The van der Waals surface area contributed by atoms with Crippen molar-refractivity contribution in [2.45, 2.75) is 19.0 Å². The molecular formula is C23H23N3O5. The van der Waals surface area contributed by atoms with Crippen LogP contribution in [0.3, 0.4) is 0 Å². The number of likely N-dealkylation sites (N-methyl/N-ethyl adjacent to an activating group) is 1. The molecule has 31 heavy (non-hydrogen) atoms. The third-order valence-corrected chi connectivity index (χ3v) is 5.54. The Balaban J connectivity index is 1.44. The van der Waals surface area contributed by atoms with Crippen LogP contribution in [-0.2, 0) is 21.7 Å². The number of imide groups is 1. The molecule has 8 nitrogen and oxygen atoms in total. The predicted molar refractivity (Wildman–Crippen MR) is 113 cm³/mol. The second-order valence-corrected chi connectivity index (χ2v) is 7.72. The lowest BCUT2D eigenvalue weighted by molar-refractivity contribution is -0.138. The molecule has 4 rings (SSSR count). The standard InChI is InChI=1S/C23H23N3O5/c1-23(19-5-4-10-31-19)21(28)26(22(29)24-23)14-20(27)25(2)13-15-6-7-17-12-18(30-3)9-8-16(17)11-15/h4-12H,13-14H2,1-3H3,(H,24,29)/t23-/m0/s1. The Kier molecular flexibility index (Phi) is 5.14. The van der Waals surface area contributed by atoms with Crippen LogP contribution in [0.4, 0.5) is 4.79 Å². The molecule has 1 aliphatic rings. The van der Waals surface area contributed by atoms with Crippen LogP contribution in [0.15, 0.2) is 59.2 Å². The van der Waals surface area contributed by atoms with Gasteiger partial charge in [-0.2, -0.15) is 0 Å². The molecule has 1 atom stereocenters. The molecule has 8 heteroatoms. The number of carbonyl (C=O) groups is 3. The van der Waals surface area contributed by atoms with Crippen molar-refractivity contribution < 1.29 is 23.5 Å². The van der Waals surface area contributed by atoms with Gasteiger partial charge in [-0.15, -0.1) is 0 Å². The van der Waals surface area contributed by atoms with Gasteiger partial charge in [-0.05, 0) is 53.6 Å². The van der Waals surface area contributed by atoms with Gasteiger partial charge in [0.15, 0.2) is 5.54 Å². The van der Waals surface area contributed by atoms with E-state index in [2.05, 4.69) is 5.32 Å². The number of benzene rings is 2. The molecule has 0 unspecified atom stereocenters. The van der Waals surface area contributed by atoms with E-state index in [-0.39, 0.29) is 12.5 Å². The van der Waals surface area contributed by atoms with Gasteiger partial charge in [-0.25, -0.2) is 4.79 Å². The maximum atomic E-state index is 12.9. The molecule has 1 N–H and O–H groups in total. The van der Waals surface area contributed by atoms with Gasteiger partial charge >= 0.3 is 6.03 Å². The number of fused-ring (bicyclic) bond motifs is 1. The minimum absolute atomic E-state index is 0.321. The first-order chi connectivity index (χ1) is 14.8. The number of rotatable bonds is 6. The van der Waals surface area contributed by atoms with Crippen LogP contribution in [0.25, 0.3) is 10.8 Å². The molecule has 4 amide bonds. The van der Waals surface area contributed by atoms with E-state index in [4.69, 9.17) is 9.15 Å². The first-order valence-corrected chi connectivity index (χ1v) is 9.80. The zero-order valence-electron chi connectivity index (χ0n) is 17.5. The summed E-state index contributed by atoms with van der Waals surface area (Å²) in [4.78, 5) is 40.4. The third kappa shape index (κ3) is 3.72. The van der Waals surface area contributed by atoms with Gasteiger partial charge in [-0.1, -0.05) is 18.2 Å². The van der Waals surface area contributed by atoms with Crippen LogP contribution >= 0.6 is 0 Å². The van der Waals surface area contributed by atoms with Crippen molar-refractivity contribution in [1.82, 2.24) is 15.1 Å². The van der Waals surface area contributed by atoms with E-state index in [1.165, 1.54) is 11.2 Å². The molecule has 0 radical (unpaired) electrons. The summed E-state index contributed by atoms with van der Waals surface area (Å²) >= 11 is 0. The van der Waals surface area contributed by atoms with E-state index in [0.29, 0.717) is 12.3 Å². The van der Waals surface area contributed by atoms with Crippen LogP contribution in [-0.4, -0.2) is 48.3 Å². The monoisotopic (exact) mass is 421 g/mol. The van der Waals surface area contributed by atoms with Crippen molar-refractivity contribution in [3.8, 4) is 5.75 Å². The van der Waals surface area contributed by atoms with Crippen molar-refractivity contribution in [3.63, 3.8) is 0 Å². The Morgan fingerprint density at radius 2 is 1.90 bits per heavy atom. The number of nitrogens with one attached hydrogen (secondary N) is 1. The van der Waals surface area contributed by atoms with Gasteiger partial charge in [0, 0.05) is 13.6 Å². The summed E-state index contributed by atoms with van der Waals surface area (Å²) in [7, 11) is 3.27. The highest BCUT2D eigenvalue weighted by Crippen LogP contribution is 2.29. The number of amides is 4. The summed E-state index contributed by atoms with van der Waals surface area (Å²) < 4.78 is 10.5. The first-order valence-electron chi connectivity index (χ1n) is 9.80. The largest absolute Gasteiger partial charge is 0.497 e. The topological polar surface area (TPSA) is 92.1 Å². The summed E-state index contributed by atoms with van der Waals surface area (Å²) in [6.45, 7) is 1.56. The molecule has 1 aromatic heterocycles. The lowest BCUT2D eigenvalue weighted by Gasteiger charge is -2.22. The van der Waals surface area contributed by atoms with Gasteiger partial charge < -0.3 is 19.4 Å². The van der Waals surface area contributed by atoms with E-state index in [1.807, 2.05) is 36.4 Å². The summed E-state index contributed by atoms with van der Waals surface area (Å²) in [5.41, 5.74) is -0.384. The van der Waals surface area contributed by atoms with Crippen LogP contribution in [0.2, 0.25) is 0 Å². The summed E-state index contributed by atoms with van der Waals surface area (Å²) in [6.07, 6.45) is 1.43. The van der Waals surface area contributed by atoms with Crippen LogP contribution in [0.1, 0.15) is 18.2 Å². The number of furan rings is 1. The van der Waals surface area contributed by atoms with Crippen molar-refractivity contribution in [3.05, 3.63) is 66.1 Å². The third-order valence-electron chi connectivity index (χ3n) is 5.54. The Labute approximate surface area is 179 Å². The molecule has 1 fully saturated rings. The van der Waals surface area contributed by atoms with Gasteiger partial charge in [0.2, 0.25) is 5.91 Å². The fourth-order valence-corrected chi connectivity index (χ4v) is 3.69. The van der Waals surface area contributed by atoms with E-state index < -0.39 is 17.5 Å². The smallest absolute Gasteiger partial charge is 0.325 e. The number of ether oxygens (including phenoxy) is 1. The Morgan fingerprint density at radius 1 is 1.16 bits per heavy atom. The number of hydrogen-bond acceptors (Lipinski definition) is 5. The summed E-state index contributed by atoms with van der Waals surface area (Å²) in [5.74, 6) is 0.237. The zero-order valence-corrected chi connectivity index (χ0v) is 17.5. The van der Waals surface area contributed by atoms with E-state index in [9.17, 15) is 14.4 Å². The first kappa shape index (κ1) is 20.5. The highest BCUT2D eigenvalue weighted by atomic mass is 16.5. The molecule has 0 saturated carbocycles. The Hall–Kier alpha value is -3.81. The van der Waals surface area contributed by atoms with Gasteiger partial charge in [0.1, 0.15) is 18.1 Å². The predicted octanol–water partition coefficient (Wildman–Crippen LogP) is 2.87. The average Bonchev–Trinajstić information content (AvgIpc) is 3.37. The normalized spacial score (nSPS) is 18.4. The second kappa shape index (κ2) is 7.79. The van der Waals surface area contributed by atoms with Crippen LogP contribution in [0, 0.1) is 0 Å². The molecule has 2 aromatic carbocycles. The number of carbonyl (C=O) groups excluding carboxylic acids is 3. The number of urea groups is 1. The minimum Gasteiger partial charge on any atom is -0.497 e. The minimum atomic E-state index is -1.32. The molecule has 0 bridgehead atoms. The fraction of sp³-hybridized carbons (Fsp3) is 0.261. The number of hydrogen-bond donors (Lipinski definition) is 1. The lowest BCUT2D eigenvalue weighted by Crippen LogP contribution is -2.43. The number of nitrogens with zero attached hydrogens (tertiary/aromatic N) is 2. The average molecular weight is 421 g/mol. The van der Waals surface area contributed by atoms with E-state index in [0.717, 1.165) is 27.0 Å². The van der Waals surface area contributed by atoms with Gasteiger partial charge in [0.25, 0.3) is 5.91 Å². The quantitative estimate of drug-likeness (QED) is 0.618. The second-order valence-electron chi connectivity index (χ2n) is 7.72. The van der Waals surface area contributed by atoms with E-state index in [1.54, 1.807) is 33.2 Å². The van der Waals surface area contributed by atoms with Crippen molar-refractivity contribution >= 4 is 28.6 Å². The van der Waals surface area contributed by atoms with Crippen LogP contribution in [0.5, 0.6) is 5.75 Å². The van der Waals surface area contributed by atoms with E-state index >= 15 is 0 Å². The molecule has 1 saturated heterocycles. The summed E-state index contributed by atoms with van der Waals surface area (Å²) in [6, 6.07) is 14.3. The van der Waals surface area contributed by atoms with Crippen LogP contribution < -0.4 is 10.1 Å². The van der Waals surface area contributed by atoms with Crippen molar-refractivity contribution in [1.29, 1.82) is 0 Å². The maximum Gasteiger partial charge on any atom is 0.325 e. The summed E-state index contributed by atoms with van der Waals surface area (Å²) in [5, 5.41) is 4.68. The fourth-order valence-electron chi connectivity index (χ4n) is 3.69.